The van der Waals surface area contributed by atoms with E-state index in [0.717, 1.165) is 23.3 Å². The molecule has 150 valence electrons. The number of hydrogen-bond donors (Lipinski definition) is 0. The van der Waals surface area contributed by atoms with Gasteiger partial charge in [-0.25, -0.2) is 13.6 Å². The quantitative estimate of drug-likeness (QED) is 0.339. The smallest absolute Gasteiger partial charge is 0.379 e. The molecule has 0 saturated carbocycles. The summed E-state index contributed by atoms with van der Waals surface area (Å²) in [5, 5.41) is 0. The molecule has 29 heavy (non-hydrogen) atoms. The summed E-state index contributed by atoms with van der Waals surface area (Å²) in [5.74, 6) is -3.71. The summed E-state index contributed by atoms with van der Waals surface area (Å²) in [4.78, 5) is 24.8. The van der Waals surface area contributed by atoms with E-state index in [9.17, 15) is 18.4 Å². The molecule has 0 radical (unpaired) electrons. The van der Waals surface area contributed by atoms with E-state index in [4.69, 9.17) is 4.74 Å². The third-order valence-electron chi connectivity index (χ3n) is 4.53. The topological polar surface area (TPSA) is 48.3 Å². The van der Waals surface area contributed by atoms with Crippen molar-refractivity contribution in [3.8, 4) is 16.9 Å². The highest BCUT2D eigenvalue weighted by atomic mass is 19.2. The van der Waals surface area contributed by atoms with E-state index in [2.05, 4.69) is 0 Å². The van der Waals surface area contributed by atoms with Crippen LogP contribution in [0.2, 0.25) is 0 Å². The molecule has 6 heteroatoms. The Kier molecular flexibility index (Phi) is 5.64. The molecule has 4 nitrogen and oxygen atoms in total. The number of ether oxygens (including phenoxy) is 1. The molecule has 0 atom stereocenters. The lowest BCUT2D eigenvalue weighted by Gasteiger charge is -2.13. The van der Waals surface area contributed by atoms with Gasteiger partial charge in [-0.1, -0.05) is 29.8 Å². The van der Waals surface area contributed by atoms with Crippen molar-refractivity contribution < 1.29 is 23.1 Å². The first-order valence-corrected chi connectivity index (χ1v) is 9.19. The van der Waals surface area contributed by atoms with Crippen LogP contribution >= 0.6 is 0 Å². The van der Waals surface area contributed by atoms with E-state index < -0.39 is 29.5 Å². The number of halogens is 2. The molecule has 1 aromatic heterocycles. The lowest BCUT2D eigenvalue weighted by Crippen LogP contribution is -2.21. The van der Waals surface area contributed by atoms with Crippen molar-refractivity contribution in [3.05, 3.63) is 77.0 Å². The number of ketones is 1. The van der Waals surface area contributed by atoms with E-state index in [0.29, 0.717) is 17.1 Å². The molecule has 0 saturated heterocycles. The summed E-state index contributed by atoms with van der Waals surface area (Å²) in [5.41, 5.74) is 3.31. The highest BCUT2D eigenvalue weighted by Gasteiger charge is 2.26. The molecule has 0 amide bonds. The Morgan fingerprint density at radius 2 is 1.59 bits per heavy atom. The van der Waals surface area contributed by atoms with Crippen LogP contribution in [-0.4, -0.2) is 22.4 Å². The largest absolute Gasteiger partial charge is 0.457 e. The zero-order valence-corrected chi connectivity index (χ0v) is 16.6. The number of nitrogens with zero attached hydrogens (tertiary/aromatic N) is 1. The molecule has 0 aliphatic rings. The van der Waals surface area contributed by atoms with Crippen molar-refractivity contribution in [3.63, 3.8) is 0 Å². The molecule has 0 fully saturated rings. The van der Waals surface area contributed by atoms with Gasteiger partial charge in [0.2, 0.25) is 0 Å². The molecular weight excluding hydrogens is 376 g/mol. The number of aromatic nitrogens is 1. The Balaban J connectivity index is 2.20. The Morgan fingerprint density at radius 3 is 2.17 bits per heavy atom. The minimum Gasteiger partial charge on any atom is -0.457 e. The molecule has 2 aromatic carbocycles. The SMILES string of the molecule is Cc1ccc(-c2cc(C(=O)C(=O)OC(C)C)c(C)n2-c2ccc(F)c(F)c2)cc1. The zero-order chi connectivity index (χ0) is 21.3. The van der Waals surface area contributed by atoms with Crippen LogP contribution in [0.5, 0.6) is 0 Å². The highest BCUT2D eigenvalue weighted by Crippen LogP contribution is 2.31. The molecule has 0 aliphatic heterocycles. The fourth-order valence-corrected chi connectivity index (χ4v) is 3.11. The van der Waals surface area contributed by atoms with Crippen molar-refractivity contribution in [2.24, 2.45) is 0 Å². The van der Waals surface area contributed by atoms with Gasteiger partial charge in [0.1, 0.15) is 0 Å². The second-order valence-corrected chi connectivity index (χ2v) is 7.11. The summed E-state index contributed by atoms with van der Waals surface area (Å²) in [6.07, 6.45) is -0.434. The first-order chi connectivity index (χ1) is 13.7. The molecule has 0 spiro atoms. The number of benzene rings is 2. The van der Waals surface area contributed by atoms with E-state index in [1.165, 1.54) is 6.07 Å². The first kappa shape index (κ1) is 20.5. The number of aryl methyl sites for hydroxylation is 1. The summed E-state index contributed by atoms with van der Waals surface area (Å²) in [7, 11) is 0. The number of esters is 1. The average molecular weight is 397 g/mol. The summed E-state index contributed by atoms with van der Waals surface area (Å²) < 4.78 is 34.0. The normalized spacial score (nSPS) is 11.0. The first-order valence-electron chi connectivity index (χ1n) is 9.19. The Bertz CT molecular complexity index is 1080. The van der Waals surface area contributed by atoms with E-state index in [1.54, 1.807) is 31.4 Å². The predicted octanol–water partition coefficient (Wildman–Crippen LogP) is 5.17. The van der Waals surface area contributed by atoms with Crippen molar-refractivity contribution in [2.45, 2.75) is 33.8 Å². The van der Waals surface area contributed by atoms with Crippen molar-refractivity contribution >= 4 is 11.8 Å². The lowest BCUT2D eigenvalue weighted by molar-refractivity contribution is -0.141. The highest BCUT2D eigenvalue weighted by molar-refractivity contribution is 6.41. The predicted molar refractivity (Wildman–Crippen MR) is 106 cm³/mol. The van der Waals surface area contributed by atoms with Crippen LogP contribution in [-0.2, 0) is 9.53 Å². The average Bonchev–Trinajstić information content (AvgIpc) is 3.00. The minimum atomic E-state index is -1.00. The lowest BCUT2D eigenvalue weighted by atomic mass is 10.1. The zero-order valence-electron chi connectivity index (χ0n) is 16.6. The molecule has 0 N–H and O–H groups in total. The van der Waals surface area contributed by atoms with Crippen LogP contribution in [0.1, 0.15) is 35.5 Å². The monoisotopic (exact) mass is 397 g/mol. The number of rotatable bonds is 5. The van der Waals surface area contributed by atoms with Crippen LogP contribution in [0.15, 0.2) is 48.5 Å². The molecule has 0 bridgehead atoms. The Hall–Kier alpha value is -3.28. The van der Waals surface area contributed by atoms with Crippen molar-refractivity contribution in [1.29, 1.82) is 0 Å². The number of hydrogen-bond acceptors (Lipinski definition) is 3. The maximum atomic E-state index is 13.9. The number of carbonyl (C=O) groups is 2. The van der Waals surface area contributed by atoms with Crippen LogP contribution in [0.25, 0.3) is 16.9 Å². The maximum absolute atomic E-state index is 13.9. The molecular formula is C23H21F2NO3. The molecule has 0 aliphatic carbocycles. The summed E-state index contributed by atoms with van der Waals surface area (Å²) >= 11 is 0. The van der Waals surface area contributed by atoms with E-state index in [-0.39, 0.29) is 5.56 Å². The van der Waals surface area contributed by atoms with Crippen LogP contribution < -0.4 is 0 Å². The number of carbonyl (C=O) groups excluding carboxylic acids is 2. The van der Waals surface area contributed by atoms with Gasteiger partial charge < -0.3 is 9.30 Å². The summed E-state index contributed by atoms with van der Waals surface area (Å²) in [6, 6.07) is 12.6. The summed E-state index contributed by atoms with van der Waals surface area (Å²) in [6.45, 7) is 6.90. The second-order valence-electron chi connectivity index (χ2n) is 7.11. The third kappa shape index (κ3) is 4.11. The fraction of sp³-hybridized carbons (Fsp3) is 0.217. The van der Waals surface area contributed by atoms with Crippen molar-refractivity contribution in [2.75, 3.05) is 0 Å². The second kappa shape index (κ2) is 7.99. The molecule has 0 unspecified atom stereocenters. The van der Waals surface area contributed by atoms with Gasteiger partial charge in [0, 0.05) is 17.4 Å². The van der Waals surface area contributed by atoms with E-state index in [1.807, 2.05) is 31.2 Å². The van der Waals surface area contributed by atoms with Gasteiger partial charge in [0.15, 0.2) is 11.6 Å². The van der Waals surface area contributed by atoms with E-state index >= 15 is 0 Å². The molecule has 1 heterocycles. The number of Topliss-reactive ketones (excluding diaryl/α,β-unsaturated/α-hetero) is 1. The van der Waals surface area contributed by atoms with Gasteiger partial charge in [0.05, 0.1) is 17.4 Å². The van der Waals surface area contributed by atoms with Gasteiger partial charge in [-0.15, -0.1) is 0 Å². The van der Waals surface area contributed by atoms with Gasteiger partial charge >= 0.3 is 5.97 Å². The molecule has 3 aromatic rings. The van der Waals surface area contributed by atoms with Gasteiger partial charge in [-0.3, -0.25) is 4.79 Å². The van der Waals surface area contributed by atoms with Crippen molar-refractivity contribution in [1.82, 2.24) is 4.57 Å². The van der Waals surface area contributed by atoms with Crippen LogP contribution in [0.3, 0.4) is 0 Å². The third-order valence-corrected chi connectivity index (χ3v) is 4.53. The maximum Gasteiger partial charge on any atom is 0.379 e. The van der Waals surface area contributed by atoms with Crippen LogP contribution in [0, 0.1) is 25.5 Å². The van der Waals surface area contributed by atoms with Gasteiger partial charge in [-0.05, 0) is 51.5 Å². The molecule has 3 rings (SSSR count). The van der Waals surface area contributed by atoms with Gasteiger partial charge in [0.25, 0.3) is 5.78 Å². The Morgan fingerprint density at radius 1 is 0.931 bits per heavy atom. The fourth-order valence-electron chi connectivity index (χ4n) is 3.11. The standard InChI is InChI=1S/C23H21F2NO3/c1-13(2)29-23(28)22(27)18-12-21(16-7-5-14(3)6-8-16)26(15(18)4)17-9-10-19(24)20(25)11-17/h5-13H,1-4H3. The Labute approximate surface area is 167 Å². The van der Waals surface area contributed by atoms with Crippen LogP contribution in [0.4, 0.5) is 8.78 Å². The minimum absolute atomic E-state index is 0.149. The van der Waals surface area contributed by atoms with Gasteiger partial charge in [-0.2, -0.15) is 0 Å².